The fourth-order valence-corrected chi connectivity index (χ4v) is 5.24. The van der Waals surface area contributed by atoms with E-state index < -0.39 is 15.4 Å². The maximum absolute atomic E-state index is 13.9. The molecule has 0 N–H and O–H groups in total. The van der Waals surface area contributed by atoms with E-state index in [0.29, 0.717) is 12.1 Å². The van der Waals surface area contributed by atoms with Gasteiger partial charge in [-0.15, -0.1) is 0 Å². The van der Waals surface area contributed by atoms with Crippen molar-refractivity contribution in [3.63, 3.8) is 0 Å². The monoisotopic (exact) mass is 448 g/mol. The van der Waals surface area contributed by atoms with Crippen LogP contribution in [0.1, 0.15) is 31.4 Å². The number of rotatable bonds is 6. The molecule has 4 rings (SSSR count). The Morgan fingerprint density at radius 3 is 2.38 bits per heavy atom. The predicted molar refractivity (Wildman–Crippen MR) is 128 cm³/mol. The van der Waals surface area contributed by atoms with Crippen LogP contribution in [0, 0.1) is 12.7 Å². The van der Waals surface area contributed by atoms with E-state index in [-0.39, 0.29) is 10.7 Å². The van der Waals surface area contributed by atoms with Crippen LogP contribution in [0.15, 0.2) is 95.0 Å². The maximum atomic E-state index is 13.9. The van der Waals surface area contributed by atoms with Crippen molar-refractivity contribution < 1.29 is 12.8 Å². The van der Waals surface area contributed by atoms with Gasteiger partial charge in [-0.05, 0) is 75.2 Å². The van der Waals surface area contributed by atoms with E-state index in [1.54, 1.807) is 60.8 Å². The molecule has 6 heteroatoms. The van der Waals surface area contributed by atoms with Crippen molar-refractivity contribution in [2.45, 2.75) is 37.5 Å². The van der Waals surface area contributed by atoms with E-state index in [9.17, 15) is 12.8 Å². The molecule has 0 radical (unpaired) electrons. The Kier molecular flexibility index (Phi) is 5.73. The molecule has 1 aliphatic heterocycles. The number of sulfonamides is 1. The molecule has 1 atom stereocenters. The lowest BCUT2D eigenvalue weighted by Crippen LogP contribution is -2.28. The highest BCUT2D eigenvalue weighted by Crippen LogP contribution is 2.43. The van der Waals surface area contributed by atoms with Crippen LogP contribution in [0.5, 0.6) is 0 Å². The molecule has 1 heterocycles. The van der Waals surface area contributed by atoms with Gasteiger partial charge >= 0.3 is 0 Å². The molecule has 4 nitrogen and oxygen atoms in total. The van der Waals surface area contributed by atoms with E-state index in [2.05, 4.69) is 4.99 Å². The second-order valence-electron chi connectivity index (χ2n) is 8.23. The number of halogens is 1. The first-order chi connectivity index (χ1) is 15.2. The molecule has 0 fully saturated rings. The molecule has 0 unspecified atom stereocenters. The van der Waals surface area contributed by atoms with Crippen LogP contribution in [0.25, 0.3) is 0 Å². The van der Waals surface area contributed by atoms with Gasteiger partial charge in [-0.1, -0.05) is 42.0 Å². The van der Waals surface area contributed by atoms with Gasteiger partial charge < -0.3 is 0 Å². The molecule has 1 aliphatic rings. The average molecular weight is 449 g/mol. The Morgan fingerprint density at radius 2 is 1.69 bits per heavy atom. The number of allylic oxidation sites excluding steroid dienone is 1. The summed E-state index contributed by atoms with van der Waals surface area (Å²) >= 11 is 0. The van der Waals surface area contributed by atoms with E-state index in [0.717, 1.165) is 22.5 Å². The summed E-state index contributed by atoms with van der Waals surface area (Å²) in [5, 5.41) is 0. The molecule has 0 saturated carbocycles. The van der Waals surface area contributed by atoms with Crippen LogP contribution >= 0.6 is 0 Å². The van der Waals surface area contributed by atoms with Gasteiger partial charge in [-0.3, -0.25) is 4.99 Å². The Balaban J connectivity index is 1.69. The molecular weight excluding hydrogens is 423 g/mol. The number of benzene rings is 3. The third-order valence-corrected chi connectivity index (χ3v) is 7.71. The van der Waals surface area contributed by atoms with Gasteiger partial charge in [0.15, 0.2) is 0 Å². The first-order valence-corrected chi connectivity index (χ1v) is 11.8. The lowest BCUT2D eigenvalue weighted by molar-refractivity contribution is 0.595. The Hall–Kier alpha value is -3.25. The van der Waals surface area contributed by atoms with Gasteiger partial charge in [0, 0.05) is 17.3 Å². The first-order valence-electron chi connectivity index (χ1n) is 10.4. The zero-order valence-electron chi connectivity index (χ0n) is 18.3. The number of nitrogens with zero attached hydrogens (tertiary/aromatic N) is 2. The number of para-hydroxylation sites is 1. The lowest BCUT2D eigenvalue weighted by atomic mass is 9.77. The topological polar surface area (TPSA) is 49.7 Å². The van der Waals surface area contributed by atoms with Crippen LogP contribution in [-0.2, 0) is 15.4 Å². The van der Waals surface area contributed by atoms with Gasteiger partial charge in [-0.2, -0.15) is 0 Å². The van der Waals surface area contributed by atoms with Gasteiger partial charge in [0.2, 0.25) is 0 Å². The summed E-state index contributed by atoms with van der Waals surface area (Å²) in [5.41, 5.74) is 3.46. The zero-order chi connectivity index (χ0) is 22.9. The highest BCUT2D eigenvalue weighted by atomic mass is 32.2. The summed E-state index contributed by atoms with van der Waals surface area (Å²) in [4.78, 5) is 4.81. The minimum atomic E-state index is -3.81. The smallest absolute Gasteiger partial charge is 0.257 e. The molecule has 164 valence electrons. The second kappa shape index (κ2) is 8.36. The van der Waals surface area contributed by atoms with Crippen molar-refractivity contribution in [1.82, 2.24) is 0 Å². The molecule has 32 heavy (non-hydrogen) atoms. The maximum Gasteiger partial charge on any atom is 0.268 e. The largest absolute Gasteiger partial charge is 0.268 e. The number of aryl methyl sites for hydroxylation is 1. The number of hydrogen-bond donors (Lipinski definition) is 0. The third-order valence-electron chi connectivity index (χ3n) is 6.00. The Labute approximate surface area is 188 Å². The standard InChI is InChI=1S/C26H25FN2O2S/c1-19-10-13-23(14-11-19)32(30,31)29(22-8-5-4-6-9-22)17-7-16-26(3)20(2)28-25-15-12-21(27)18-24(25)26/h4-15,17-18H,16H2,1-3H3/b17-7+/t26-/m0/s1. The third kappa shape index (κ3) is 3.98. The summed E-state index contributed by atoms with van der Waals surface area (Å²) < 4.78 is 42.1. The molecule has 0 amide bonds. The Bertz CT molecular complexity index is 1300. The summed E-state index contributed by atoms with van der Waals surface area (Å²) in [6.45, 7) is 5.84. The van der Waals surface area contributed by atoms with E-state index in [4.69, 9.17) is 0 Å². The molecule has 0 spiro atoms. The van der Waals surface area contributed by atoms with Gasteiger partial charge in [0.1, 0.15) is 5.82 Å². The molecule has 3 aromatic rings. The Morgan fingerprint density at radius 1 is 1.00 bits per heavy atom. The van der Waals surface area contributed by atoms with Gasteiger partial charge in [-0.25, -0.2) is 17.1 Å². The van der Waals surface area contributed by atoms with Crippen molar-refractivity contribution in [3.05, 3.63) is 102 Å². The average Bonchev–Trinajstić information content (AvgIpc) is 3.02. The van der Waals surface area contributed by atoms with Crippen molar-refractivity contribution in [2.24, 2.45) is 4.99 Å². The van der Waals surface area contributed by atoms with Gasteiger partial charge in [0.25, 0.3) is 10.0 Å². The van der Waals surface area contributed by atoms with Crippen molar-refractivity contribution in [1.29, 1.82) is 0 Å². The van der Waals surface area contributed by atoms with Crippen LogP contribution in [0.4, 0.5) is 15.8 Å². The van der Waals surface area contributed by atoms with Crippen LogP contribution < -0.4 is 4.31 Å². The molecule has 3 aromatic carbocycles. The highest BCUT2D eigenvalue weighted by Gasteiger charge is 2.36. The molecule has 0 aromatic heterocycles. The molecule has 0 aliphatic carbocycles. The molecular formula is C26H25FN2O2S. The fourth-order valence-electron chi connectivity index (χ4n) is 3.89. The SMILES string of the molecule is CC1=Nc2ccc(F)cc2[C@@]1(C)C/C=C/N(c1ccccc1)S(=O)(=O)c1ccc(C)cc1. The van der Waals surface area contributed by atoms with Crippen LogP contribution in [-0.4, -0.2) is 14.1 Å². The van der Waals surface area contributed by atoms with Crippen molar-refractivity contribution >= 4 is 27.1 Å². The molecule has 0 saturated heterocycles. The first kappa shape index (κ1) is 22.0. The number of hydrogen-bond acceptors (Lipinski definition) is 3. The highest BCUT2D eigenvalue weighted by molar-refractivity contribution is 7.93. The fraction of sp³-hybridized carbons (Fsp3) is 0.192. The summed E-state index contributed by atoms with van der Waals surface area (Å²) in [5.74, 6) is -0.309. The van der Waals surface area contributed by atoms with E-state index in [1.165, 1.54) is 16.4 Å². The normalized spacial score (nSPS) is 17.9. The van der Waals surface area contributed by atoms with Crippen LogP contribution in [0.3, 0.4) is 0 Å². The predicted octanol–water partition coefficient (Wildman–Crippen LogP) is 6.30. The minimum Gasteiger partial charge on any atom is -0.257 e. The number of aliphatic imine (C=N–C) groups is 1. The summed E-state index contributed by atoms with van der Waals surface area (Å²) in [6.07, 6.45) is 3.88. The quantitative estimate of drug-likeness (QED) is 0.444. The number of anilines is 1. The van der Waals surface area contributed by atoms with E-state index >= 15 is 0 Å². The van der Waals surface area contributed by atoms with Crippen LogP contribution in [0.2, 0.25) is 0 Å². The zero-order valence-corrected chi connectivity index (χ0v) is 19.1. The van der Waals surface area contributed by atoms with Gasteiger partial charge in [0.05, 0.1) is 16.3 Å². The molecule has 0 bridgehead atoms. The summed E-state index contributed by atoms with van der Waals surface area (Å²) in [6, 6.07) is 20.3. The van der Waals surface area contributed by atoms with E-state index in [1.807, 2.05) is 32.9 Å². The summed E-state index contributed by atoms with van der Waals surface area (Å²) in [7, 11) is -3.81. The van der Waals surface area contributed by atoms with Crippen molar-refractivity contribution in [2.75, 3.05) is 4.31 Å². The second-order valence-corrected chi connectivity index (χ2v) is 10.0. The minimum absolute atomic E-state index is 0.217. The lowest BCUT2D eigenvalue weighted by Gasteiger charge is -2.26. The number of fused-ring (bicyclic) bond motifs is 1. The van der Waals surface area contributed by atoms with Crippen molar-refractivity contribution in [3.8, 4) is 0 Å².